The smallest absolute Gasteiger partial charge is 0.160 e. The van der Waals surface area contributed by atoms with Gasteiger partial charge in [-0.2, -0.15) is 0 Å². The first-order valence-corrected chi connectivity index (χ1v) is 29.1. The quantitative estimate of drug-likeness (QED) is 0.165. The second-order valence-corrected chi connectivity index (χ2v) is 25.1. The lowest BCUT2D eigenvalue weighted by Crippen LogP contribution is -2.19. The van der Waals surface area contributed by atoms with Crippen molar-refractivity contribution in [3.8, 4) is 0 Å². The molecule has 83 heavy (non-hydrogen) atoms. The van der Waals surface area contributed by atoms with E-state index in [1.54, 1.807) is 0 Å². The van der Waals surface area contributed by atoms with Crippen LogP contribution in [0.3, 0.4) is 0 Å². The van der Waals surface area contributed by atoms with Gasteiger partial charge in [0.25, 0.3) is 0 Å². The highest BCUT2D eigenvalue weighted by atomic mass is 16.3. The molecule has 17 rings (SSSR count). The number of nitrogens with zero attached hydrogens (tertiary/aromatic N) is 3. The number of fused-ring (bicyclic) bond motifs is 20. The van der Waals surface area contributed by atoms with Crippen molar-refractivity contribution >= 4 is 154 Å². The maximum Gasteiger partial charge on any atom is 0.160 e. The molecule has 0 radical (unpaired) electrons. The number of hydrogen-bond donors (Lipinski definition) is 0. The minimum absolute atomic E-state index is 0.138. The Labute approximate surface area is 478 Å². The molecule has 0 fully saturated rings. The molecule has 6 aromatic heterocycles. The number of anilines is 5. The second-order valence-electron chi connectivity index (χ2n) is 25.1. The van der Waals surface area contributed by atoms with Crippen LogP contribution in [0.1, 0.15) is 78.0 Å². The lowest BCUT2D eigenvalue weighted by atomic mass is 9.86. The molecule has 6 heterocycles. The molecule has 7 nitrogen and oxygen atoms in total. The topological polar surface area (TPSA) is 63.5 Å². The van der Waals surface area contributed by atoms with Crippen molar-refractivity contribution in [2.24, 2.45) is 0 Å². The van der Waals surface area contributed by atoms with Crippen molar-refractivity contribution in [3.63, 3.8) is 0 Å². The summed E-state index contributed by atoms with van der Waals surface area (Å²) in [6.07, 6.45) is 6.70. The maximum absolute atomic E-state index is 7.32. The SMILES string of the molecule is CC1=CCCC=C1N(c1cccc2c1oc1c(C(C)(C)C)cccc12)c1cc2c3ccccc3oc2c2c1c1cccc3c4c(N(c5ccccc5C)c5cccc6c5oc5c(C(C)(C)C)cccc56)cc5c6ccccc6oc5c4n2c13. The molecule has 7 heteroatoms. The maximum atomic E-state index is 7.32. The van der Waals surface area contributed by atoms with Crippen LogP contribution in [0.5, 0.6) is 0 Å². The van der Waals surface area contributed by atoms with Gasteiger partial charge in [-0.1, -0.05) is 187 Å². The lowest BCUT2D eigenvalue weighted by molar-refractivity contribution is 0.572. The highest BCUT2D eigenvalue weighted by Gasteiger charge is 2.35. The molecule has 0 unspecified atom stereocenters. The Morgan fingerprint density at radius 2 is 0.771 bits per heavy atom. The van der Waals surface area contributed by atoms with Gasteiger partial charge in [-0.05, 0) is 91.1 Å². The third-order valence-electron chi connectivity index (χ3n) is 18.0. The number of para-hydroxylation sites is 8. The third kappa shape index (κ3) is 6.62. The first-order chi connectivity index (χ1) is 40.3. The minimum Gasteiger partial charge on any atom is -0.454 e. The number of rotatable bonds is 6. The second kappa shape index (κ2) is 16.9. The monoisotopic (exact) mass is 1080 g/mol. The van der Waals surface area contributed by atoms with E-state index in [9.17, 15) is 0 Å². The van der Waals surface area contributed by atoms with Crippen LogP contribution in [0.4, 0.5) is 28.4 Å². The summed E-state index contributed by atoms with van der Waals surface area (Å²) in [6, 6.07) is 63.8. The van der Waals surface area contributed by atoms with Crippen molar-refractivity contribution in [2.75, 3.05) is 9.80 Å². The number of hydrogen-bond acceptors (Lipinski definition) is 6. The summed E-state index contributed by atoms with van der Waals surface area (Å²) in [7, 11) is 0. The van der Waals surface area contributed by atoms with Gasteiger partial charge < -0.3 is 31.9 Å². The Morgan fingerprint density at radius 1 is 0.349 bits per heavy atom. The summed E-state index contributed by atoms with van der Waals surface area (Å²) in [6.45, 7) is 18.1. The van der Waals surface area contributed by atoms with Crippen molar-refractivity contribution in [3.05, 3.63) is 216 Å². The first-order valence-electron chi connectivity index (χ1n) is 29.1. The molecule has 0 atom stereocenters. The van der Waals surface area contributed by atoms with Crippen LogP contribution in [-0.2, 0) is 10.8 Å². The lowest BCUT2D eigenvalue weighted by Gasteiger charge is -2.31. The Balaban J connectivity index is 1.06. The van der Waals surface area contributed by atoms with Gasteiger partial charge in [-0.25, -0.2) is 0 Å². The van der Waals surface area contributed by atoms with E-state index in [1.807, 2.05) is 0 Å². The van der Waals surface area contributed by atoms with Crippen LogP contribution < -0.4 is 9.80 Å². The fourth-order valence-corrected chi connectivity index (χ4v) is 14.3. The molecule has 0 spiro atoms. The van der Waals surface area contributed by atoms with Gasteiger partial charge in [0.2, 0.25) is 0 Å². The van der Waals surface area contributed by atoms with Crippen LogP contribution in [-0.4, -0.2) is 4.40 Å². The minimum atomic E-state index is -0.145. The van der Waals surface area contributed by atoms with E-state index in [4.69, 9.17) is 17.7 Å². The molecule has 10 aromatic carbocycles. The average molecular weight is 1080 g/mol. The summed E-state index contributed by atoms with van der Waals surface area (Å²) >= 11 is 0. The van der Waals surface area contributed by atoms with E-state index in [1.165, 1.54) is 16.7 Å². The zero-order valence-corrected chi connectivity index (χ0v) is 47.8. The molecule has 1 aliphatic carbocycles. The average Bonchev–Trinajstić information content (AvgIpc) is 1.85. The zero-order chi connectivity index (χ0) is 55.9. The molecule has 0 bridgehead atoms. The predicted molar refractivity (Wildman–Crippen MR) is 347 cm³/mol. The normalized spacial score (nSPS) is 13.8. The molecule has 0 amide bonds. The van der Waals surface area contributed by atoms with Crippen molar-refractivity contribution in [1.29, 1.82) is 0 Å². The summed E-state index contributed by atoms with van der Waals surface area (Å²) in [5.41, 5.74) is 20.4. The van der Waals surface area contributed by atoms with Crippen LogP contribution in [0.15, 0.2) is 217 Å². The van der Waals surface area contributed by atoms with Gasteiger partial charge in [0.1, 0.15) is 33.4 Å². The van der Waals surface area contributed by atoms with Crippen molar-refractivity contribution < 1.29 is 17.7 Å². The van der Waals surface area contributed by atoms with E-state index < -0.39 is 0 Å². The van der Waals surface area contributed by atoms with E-state index >= 15 is 0 Å². The molecular weight excluding hydrogens is 1020 g/mol. The zero-order valence-electron chi connectivity index (χ0n) is 47.8. The molecule has 0 saturated carbocycles. The fraction of sp³-hybridized carbons (Fsp3) is 0.158. The van der Waals surface area contributed by atoms with Crippen LogP contribution in [0.2, 0.25) is 0 Å². The van der Waals surface area contributed by atoms with Gasteiger partial charge in [-0.15, -0.1) is 0 Å². The molecule has 402 valence electrons. The highest BCUT2D eigenvalue weighted by Crippen LogP contribution is 2.56. The van der Waals surface area contributed by atoms with Crippen molar-refractivity contribution in [2.45, 2.75) is 79.1 Å². The number of aromatic nitrogens is 1. The van der Waals surface area contributed by atoms with E-state index in [0.717, 1.165) is 178 Å². The van der Waals surface area contributed by atoms with E-state index in [0.29, 0.717) is 0 Å². The third-order valence-corrected chi connectivity index (χ3v) is 18.0. The van der Waals surface area contributed by atoms with Gasteiger partial charge in [-0.3, -0.25) is 0 Å². The Morgan fingerprint density at radius 3 is 1.30 bits per heavy atom. The molecule has 16 aromatic rings. The van der Waals surface area contributed by atoms with Gasteiger partial charge in [0.05, 0.1) is 28.3 Å². The summed E-state index contributed by atoms with van der Waals surface area (Å²) < 4.78 is 31.7. The van der Waals surface area contributed by atoms with E-state index in [2.05, 4.69) is 258 Å². The molecule has 0 aliphatic heterocycles. The fourth-order valence-electron chi connectivity index (χ4n) is 14.3. The number of aryl methyl sites for hydroxylation is 1. The molecule has 1 aliphatic rings. The molecular formula is C76H59N3O4. The Bertz CT molecular complexity index is 5520. The van der Waals surface area contributed by atoms with Gasteiger partial charge in [0, 0.05) is 87.1 Å². The first kappa shape index (κ1) is 48.0. The van der Waals surface area contributed by atoms with Crippen LogP contribution in [0.25, 0.3) is 126 Å². The molecule has 0 N–H and O–H groups in total. The van der Waals surface area contributed by atoms with Gasteiger partial charge in [0.15, 0.2) is 22.3 Å². The number of benzene rings is 10. The standard InChI is InChI=1S/C76H59N3O4/c1-42-22-9-13-34-56(42)77(58-36-20-28-48-46-26-18-32-54(75(3,4)5)69(46)82-71(48)58)60-40-52-44-24-11-15-38-62(44)80-73(52)67-64(60)50-30-17-31-51-65-61(41-53-45-25-12-16-39-63(45)81-74(53)68(65)79(67)66(50)51)78(57-35-14-10-23-43(57)2)59-37-21-29-49-47-27-19-33-55(76(6,7)8)70(47)83-72(49)59/h9,11-13,15-41H,10,14H2,1-8H3. The summed E-state index contributed by atoms with van der Waals surface area (Å²) in [5.74, 6) is 0. The Hall–Kier alpha value is -9.72. The van der Waals surface area contributed by atoms with Crippen LogP contribution in [0, 0.1) is 6.92 Å². The molecule has 0 saturated heterocycles. The largest absolute Gasteiger partial charge is 0.454 e. The van der Waals surface area contributed by atoms with Crippen LogP contribution >= 0.6 is 0 Å². The summed E-state index contributed by atoms with van der Waals surface area (Å²) in [5, 5.41) is 12.8. The van der Waals surface area contributed by atoms with E-state index in [-0.39, 0.29) is 10.8 Å². The predicted octanol–water partition coefficient (Wildman–Crippen LogP) is 22.6. The Kier molecular flexibility index (Phi) is 9.80. The number of furan rings is 4. The number of allylic oxidation sites excluding steroid dienone is 3. The highest BCUT2D eigenvalue weighted by molar-refractivity contribution is 6.36. The summed E-state index contributed by atoms with van der Waals surface area (Å²) in [4.78, 5) is 4.96. The van der Waals surface area contributed by atoms with Crippen molar-refractivity contribution in [1.82, 2.24) is 4.40 Å². The van der Waals surface area contributed by atoms with Gasteiger partial charge >= 0.3 is 0 Å².